The number of rotatable bonds is 6. The zero-order chi connectivity index (χ0) is 12.8. The van der Waals surface area contributed by atoms with Crippen LogP contribution in [0, 0.1) is 0 Å². The molecule has 18 heavy (non-hydrogen) atoms. The summed E-state index contributed by atoms with van der Waals surface area (Å²) >= 11 is 0. The number of hydrogen-bond donors (Lipinski definition) is 2. The second-order valence-corrected chi connectivity index (χ2v) is 5.01. The van der Waals surface area contributed by atoms with Crippen LogP contribution in [0.2, 0.25) is 0 Å². The summed E-state index contributed by atoms with van der Waals surface area (Å²) < 4.78 is 0. The molecule has 1 saturated heterocycles. The predicted molar refractivity (Wildman–Crippen MR) is 74.0 cm³/mol. The minimum absolute atomic E-state index is 0.536. The molecule has 1 fully saturated rings. The average Bonchev–Trinajstić information content (AvgIpc) is 2.90. The first-order valence-corrected chi connectivity index (χ1v) is 7.23. The van der Waals surface area contributed by atoms with E-state index in [9.17, 15) is 0 Å². The van der Waals surface area contributed by atoms with Crippen molar-refractivity contribution in [3.8, 4) is 0 Å². The number of anilines is 1. The van der Waals surface area contributed by atoms with Gasteiger partial charge in [-0.05, 0) is 12.8 Å². The molecular formula is C13H25N5. The summed E-state index contributed by atoms with van der Waals surface area (Å²) in [4.78, 5) is 6.94. The van der Waals surface area contributed by atoms with E-state index in [1.165, 1.54) is 19.3 Å². The van der Waals surface area contributed by atoms with Crippen molar-refractivity contribution in [3.63, 3.8) is 0 Å². The highest BCUT2D eigenvalue weighted by Gasteiger charge is 2.18. The molecule has 0 aliphatic carbocycles. The van der Waals surface area contributed by atoms with Crippen LogP contribution in [-0.4, -0.2) is 41.4 Å². The van der Waals surface area contributed by atoms with E-state index in [2.05, 4.69) is 39.2 Å². The summed E-state index contributed by atoms with van der Waals surface area (Å²) in [5.41, 5.74) is 0. The number of nitrogens with zero attached hydrogens (tertiary/aromatic N) is 3. The van der Waals surface area contributed by atoms with Crippen molar-refractivity contribution in [3.05, 3.63) is 5.82 Å². The zero-order valence-corrected chi connectivity index (χ0v) is 11.6. The van der Waals surface area contributed by atoms with E-state index in [4.69, 9.17) is 0 Å². The molecule has 2 rings (SSSR count). The van der Waals surface area contributed by atoms with E-state index in [0.717, 1.165) is 44.4 Å². The largest absolute Gasteiger partial charge is 0.337 e. The van der Waals surface area contributed by atoms with Crippen LogP contribution in [0.25, 0.3) is 0 Å². The van der Waals surface area contributed by atoms with Crippen LogP contribution in [-0.2, 0) is 0 Å². The fourth-order valence-corrected chi connectivity index (χ4v) is 2.44. The van der Waals surface area contributed by atoms with Gasteiger partial charge in [0.25, 0.3) is 0 Å². The van der Waals surface area contributed by atoms with Crippen LogP contribution in [0.3, 0.4) is 0 Å². The second-order valence-electron chi connectivity index (χ2n) is 5.01. The van der Waals surface area contributed by atoms with Gasteiger partial charge in [-0.25, -0.2) is 0 Å². The number of unbranched alkanes of at least 4 members (excludes halogenated alkanes) is 1. The highest BCUT2D eigenvalue weighted by Crippen LogP contribution is 2.23. The Morgan fingerprint density at radius 3 is 2.72 bits per heavy atom. The van der Waals surface area contributed by atoms with Crippen molar-refractivity contribution in [2.75, 3.05) is 31.1 Å². The maximum absolute atomic E-state index is 4.69. The molecule has 1 aliphatic rings. The van der Waals surface area contributed by atoms with E-state index < -0.39 is 0 Å². The van der Waals surface area contributed by atoms with Crippen LogP contribution in [0.5, 0.6) is 0 Å². The molecule has 0 aromatic carbocycles. The molecule has 1 unspecified atom stereocenters. The van der Waals surface area contributed by atoms with Crippen LogP contribution in [0.1, 0.15) is 51.3 Å². The Bertz CT molecular complexity index is 343. The Morgan fingerprint density at radius 1 is 1.28 bits per heavy atom. The van der Waals surface area contributed by atoms with Gasteiger partial charge in [0.1, 0.15) is 5.82 Å². The molecule has 0 saturated carbocycles. The Hall–Kier alpha value is -1.10. The molecule has 5 nitrogen and oxygen atoms in total. The third-order valence-electron chi connectivity index (χ3n) is 3.68. The summed E-state index contributed by atoms with van der Waals surface area (Å²) in [6, 6.07) is 0. The second kappa shape index (κ2) is 6.73. The highest BCUT2D eigenvalue weighted by molar-refractivity contribution is 5.30. The monoisotopic (exact) mass is 251 g/mol. The van der Waals surface area contributed by atoms with E-state index in [1.54, 1.807) is 0 Å². The van der Waals surface area contributed by atoms with Crippen molar-refractivity contribution < 1.29 is 0 Å². The maximum atomic E-state index is 4.69. The first kappa shape index (κ1) is 13.3. The Kier molecular flexibility index (Phi) is 4.99. The number of nitrogens with one attached hydrogen (secondary N) is 2. The minimum Gasteiger partial charge on any atom is -0.337 e. The third-order valence-corrected chi connectivity index (χ3v) is 3.68. The van der Waals surface area contributed by atoms with Gasteiger partial charge in [0.15, 0.2) is 0 Å². The summed E-state index contributed by atoms with van der Waals surface area (Å²) in [5, 5.41) is 10.9. The third kappa shape index (κ3) is 3.22. The van der Waals surface area contributed by atoms with E-state index in [0.29, 0.717) is 5.92 Å². The number of hydrogen-bond acceptors (Lipinski definition) is 4. The van der Waals surface area contributed by atoms with Gasteiger partial charge in [-0.3, -0.25) is 5.10 Å². The lowest BCUT2D eigenvalue weighted by Crippen LogP contribution is -2.44. The maximum Gasteiger partial charge on any atom is 0.244 e. The average molecular weight is 251 g/mol. The quantitative estimate of drug-likeness (QED) is 0.811. The van der Waals surface area contributed by atoms with E-state index in [1.807, 2.05) is 0 Å². The lowest BCUT2D eigenvalue weighted by molar-refractivity contribution is 0.544. The molecule has 0 amide bonds. The smallest absolute Gasteiger partial charge is 0.244 e. The van der Waals surface area contributed by atoms with Crippen LogP contribution < -0.4 is 10.2 Å². The van der Waals surface area contributed by atoms with Gasteiger partial charge in [-0.15, -0.1) is 5.10 Å². The molecule has 1 aromatic heterocycles. The topological polar surface area (TPSA) is 56.8 Å². The van der Waals surface area contributed by atoms with Gasteiger partial charge in [0.05, 0.1) is 0 Å². The van der Waals surface area contributed by atoms with Gasteiger partial charge in [0.2, 0.25) is 5.95 Å². The summed E-state index contributed by atoms with van der Waals surface area (Å²) in [5.74, 6) is 2.48. The Balaban J connectivity index is 1.98. The Morgan fingerprint density at radius 2 is 2.06 bits per heavy atom. The lowest BCUT2D eigenvalue weighted by atomic mass is 9.99. The van der Waals surface area contributed by atoms with Gasteiger partial charge in [0, 0.05) is 32.1 Å². The molecule has 0 bridgehead atoms. The number of aromatic amines is 1. The lowest BCUT2D eigenvalue weighted by Gasteiger charge is -2.25. The first-order valence-electron chi connectivity index (χ1n) is 7.23. The number of H-pyrrole nitrogens is 1. The molecule has 2 N–H and O–H groups in total. The van der Waals surface area contributed by atoms with Crippen molar-refractivity contribution >= 4 is 5.95 Å². The zero-order valence-electron chi connectivity index (χ0n) is 11.6. The normalized spacial score (nSPS) is 18.0. The summed E-state index contributed by atoms with van der Waals surface area (Å²) in [7, 11) is 0. The first-order chi connectivity index (χ1) is 8.85. The molecule has 1 aromatic rings. The van der Waals surface area contributed by atoms with Crippen molar-refractivity contribution in [1.82, 2.24) is 20.5 Å². The predicted octanol–water partition coefficient (Wildman–Crippen LogP) is 1.90. The van der Waals surface area contributed by atoms with Crippen molar-refractivity contribution in [2.24, 2.45) is 0 Å². The highest BCUT2D eigenvalue weighted by atomic mass is 15.4. The molecule has 1 aliphatic heterocycles. The van der Waals surface area contributed by atoms with Gasteiger partial charge in [-0.2, -0.15) is 4.98 Å². The molecule has 5 heteroatoms. The molecular weight excluding hydrogens is 226 g/mol. The van der Waals surface area contributed by atoms with E-state index >= 15 is 0 Å². The molecule has 0 spiro atoms. The van der Waals surface area contributed by atoms with Crippen molar-refractivity contribution in [1.29, 1.82) is 0 Å². The van der Waals surface area contributed by atoms with Gasteiger partial charge >= 0.3 is 0 Å². The molecule has 0 radical (unpaired) electrons. The Labute approximate surface area is 109 Å². The molecule has 102 valence electrons. The van der Waals surface area contributed by atoms with E-state index in [-0.39, 0.29) is 0 Å². The van der Waals surface area contributed by atoms with Crippen LogP contribution in [0.15, 0.2) is 0 Å². The van der Waals surface area contributed by atoms with Gasteiger partial charge < -0.3 is 10.2 Å². The number of aromatic nitrogens is 3. The van der Waals surface area contributed by atoms with Crippen LogP contribution >= 0.6 is 0 Å². The fraction of sp³-hybridized carbons (Fsp3) is 0.846. The standard InChI is InChI=1S/C13H25N5/c1-3-5-6-11(4-2)12-15-13(17-16-12)18-9-7-14-8-10-18/h11,14H,3-10H2,1-2H3,(H,15,16,17). The fourth-order valence-electron chi connectivity index (χ4n) is 2.44. The SMILES string of the molecule is CCCCC(CC)c1nc(N2CCNCC2)n[nH]1. The summed E-state index contributed by atoms with van der Waals surface area (Å²) in [6.45, 7) is 8.52. The minimum atomic E-state index is 0.536. The van der Waals surface area contributed by atoms with Gasteiger partial charge in [-0.1, -0.05) is 26.7 Å². The molecule has 1 atom stereocenters. The summed E-state index contributed by atoms with van der Waals surface area (Å²) in [6.07, 6.45) is 4.86. The number of piperazine rings is 1. The van der Waals surface area contributed by atoms with Crippen LogP contribution in [0.4, 0.5) is 5.95 Å². The van der Waals surface area contributed by atoms with Crippen molar-refractivity contribution in [2.45, 2.75) is 45.4 Å². The molecule has 2 heterocycles.